The van der Waals surface area contributed by atoms with Crippen LogP contribution in [0.15, 0.2) is 18.2 Å². The highest BCUT2D eigenvalue weighted by molar-refractivity contribution is 5.50. The van der Waals surface area contributed by atoms with E-state index in [0.29, 0.717) is 18.5 Å². The number of nitrogens with zero attached hydrogens (tertiary/aromatic N) is 1. The summed E-state index contributed by atoms with van der Waals surface area (Å²) < 4.78 is 51.0. The summed E-state index contributed by atoms with van der Waals surface area (Å²) in [6.45, 7) is 0. The molecular formula is C13H14F4N2O2. The van der Waals surface area contributed by atoms with Crippen molar-refractivity contribution in [2.24, 2.45) is 5.92 Å². The number of alkyl halides is 3. The standard InChI is InChI=1S/C13H14F4N2O2/c14-11-7-10(5-6-12(11)19(20)21)18-9-3-1-8(2-4-9)13(15,16)17/h5-9,18H,1-4H2. The Balaban J connectivity index is 1.95. The number of anilines is 1. The minimum Gasteiger partial charge on any atom is -0.382 e. The van der Waals surface area contributed by atoms with Crippen molar-refractivity contribution in [2.45, 2.75) is 37.9 Å². The molecule has 0 aliphatic heterocycles. The number of nitro benzene ring substituents is 1. The van der Waals surface area contributed by atoms with Crippen molar-refractivity contribution in [3.8, 4) is 0 Å². The van der Waals surface area contributed by atoms with Crippen LogP contribution in [0, 0.1) is 21.8 Å². The summed E-state index contributed by atoms with van der Waals surface area (Å²) in [5, 5.41) is 13.4. The summed E-state index contributed by atoms with van der Waals surface area (Å²) >= 11 is 0. The molecule has 0 radical (unpaired) electrons. The second kappa shape index (κ2) is 5.87. The van der Waals surface area contributed by atoms with E-state index in [0.717, 1.165) is 12.1 Å². The van der Waals surface area contributed by atoms with Crippen LogP contribution in [0.25, 0.3) is 0 Å². The van der Waals surface area contributed by atoms with E-state index in [9.17, 15) is 27.7 Å². The van der Waals surface area contributed by atoms with Gasteiger partial charge in [-0.3, -0.25) is 10.1 Å². The number of hydrogen-bond donors (Lipinski definition) is 1. The predicted octanol–water partition coefficient (Wildman–Crippen LogP) is 4.27. The average Bonchev–Trinajstić information content (AvgIpc) is 2.38. The molecule has 1 aromatic carbocycles. The number of halogens is 4. The monoisotopic (exact) mass is 306 g/mol. The van der Waals surface area contributed by atoms with Crippen LogP contribution in [0.1, 0.15) is 25.7 Å². The number of rotatable bonds is 3. The second-order valence-electron chi connectivity index (χ2n) is 5.16. The molecular weight excluding hydrogens is 292 g/mol. The zero-order chi connectivity index (χ0) is 15.6. The van der Waals surface area contributed by atoms with E-state index in [2.05, 4.69) is 5.32 Å². The second-order valence-corrected chi connectivity index (χ2v) is 5.16. The first-order chi connectivity index (χ1) is 9.77. The Morgan fingerprint density at radius 2 is 1.81 bits per heavy atom. The maximum Gasteiger partial charge on any atom is 0.391 e. The Labute approximate surface area is 118 Å². The Bertz CT molecular complexity index is 525. The van der Waals surface area contributed by atoms with Gasteiger partial charge in [-0.25, -0.2) is 0 Å². The molecule has 1 fully saturated rings. The summed E-state index contributed by atoms with van der Waals surface area (Å²) in [5.74, 6) is -2.24. The lowest BCUT2D eigenvalue weighted by atomic mass is 9.85. The van der Waals surface area contributed by atoms with Crippen molar-refractivity contribution < 1.29 is 22.5 Å². The van der Waals surface area contributed by atoms with Gasteiger partial charge in [0.1, 0.15) is 0 Å². The molecule has 1 aromatic rings. The maximum atomic E-state index is 13.4. The predicted molar refractivity (Wildman–Crippen MR) is 68.5 cm³/mol. The fourth-order valence-corrected chi connectivity index (χ4v) is 2.55. The molecule has 0 amide bonds. The van der Waals surface area contributed by atoms with Gasteiger partial charge in [0.15, 0.2) is 0 Å². The Hall–Kier alpha value is -1.86. The lowest BCUT2D eigenvalue weighted by molar-refractivity contribution is -0.387. The van der Waals surface area contributed by atoms with E-state index in [1.165, 1.54) is 6.07 Å². The Morgan fingerprint density at radius 3 is 2.29 bits per heavy atom. The van der Waals surface area contributed by atoms with Gasteiger partial charge in [0, 0.05) is 23.9 Å². The molecule has 0 heterocycles. The first-order valence-corrected chi connectivity index (χ1v) is 6.54. The van der Waals surface area contributed by atoms with E-state index >= 15 is 0 Å². The largest absolute Gasteiger partial charge is 0.391 e. The minimum absolute atomic E-state index is 0.0383. The molecule has 0 atom stereocenters. The van der Waals surface area contributed by atoms with E-state index in [-0.39, 0.29) is 18.9 Å². The van der Waals surface area contributed by atoms with E-state index in [1.807, 2.05) is 0 Å². The van der Waals surface area contributed by atoms with Crippen LogP contribution >= 0.6 is 0 Å². The lowest BCUT2D eigenvalue weighted by Gasteiger charge is -2.30. The Kier molecular flexibility index (Phi) is 4.34. The van der Waals surface area contributed by atoms with Crippen molar-refractivity contribution in [2.75, 3.05) is 5.32 Å². The molecule has 4 nitrogen and oxygen atoms in total. The zero-order valence-corrected chi connectivity index (χ0v) is 11.0. The fraction of sp³-hybridized carbons (Fsp3) is 0.538. The van der Waals surface area contributed by atoms with Crippen molar-refractivity contribution in [1.82, 2.24) is 0 Å². The van der Waals surface area contributed by atoms with Crippen molar-refractivity contribution in [3.63, 3.8) is 0 Å². The molecule has 0 unspecified atom stereocenters. The van der Waals surface area contributed by atoms with Gasteiger partial charge in [-0.2, -0.15) is 17.6 Å². The van der Waals surface area contributed by atoms with Gasteiger partial charge in [-0.1, -0.05) is 0 Å². The normalized spacial score (nSPS) is 22.9. The van der Waals surface area contributed by atoms with Gasteiger partial charge >= 0.3 is 11.9 Å². The van der Waals surface area contributed by atoms with Gasteiger partial charge in [-0.05, 0) is 31.7 Å². The van der Waals surface area contributed by atoms with Crippen LogP contribution in [-0.2, 0) is 0 Å². The van der Waals surface area contributed by atoms with Crippen LogP contribution in [0.3, 0.4) is 0 Å². The molecule has 0 spiro atoms. The van der Waals surface area contributed by atoms with Gasteiger partial charge in [-0.15, -0.1) is 0 Å². The van der Waals surface area contributed by atoms with Crippen molar-refractivity contribution >= 4 is 11.4 Å². The van der Waals surface area contributed by atoms with Crippen LogP contribution in [0.5, 0.6) is 0 Å². The van der Waals surface area contributed by atoms with Gasteiger partial charge in [0.2, 0.25) is 5.82 Å². The summed E-state index contributed by atoms with van der Waals surface area (Å²) in [5.41, 5.74) is -0.283. The zero-order valence-electron chi connectivity index (χ0n) is 11.0. The van der Waals surface area contributed by atoms with Crippen LogP contribution < -0.4 is 5.32 Å². The summed E-state index contributed by atoms with van der Waals surface area (Å²) in [6, 6.07) is 3.22. The molecule has 0 aromatic heterocycles. The fourth-order valence-electron chi connectivity index (χ4n) is 2.55. The summed E-state index contributed by atoms with van der Waals surface area (Å²) in [4.78, 5) is 9.67. The molecule has 1 N–H and O–H groups in total. The van der Waals surface area contributed by atoms with Crippen LogP contribution in [-0.4, -0.2) is 17.1 Å². The van der Waals surface area contributed by atoms with E-state index in [4.69, 9.17) is 0 Å². The number of nitrogens with one attached hydrogen (secondary N) is 1. The highest BCUT2D eigenvalue weighted by Crippen LogP contribution is 2.38. The molecule has 1 aliphatic rings. The molecule has 116 valence electrons. The third kappa shape index (κ3) is 3.83. The molecule has 1 aliphatic carbocycles. The topological polar surface area (TPSA) is 55.2 Å². The van der Waals surface area contributed by atoms with Gasteiger partial charge < -0.3 is 5.32 Å². The molecule has 0 bridgehead atoms. The maximum absolute atomic E-state index is 13.4. The third-order valence-electron chi connectivity index (χ3n) is 3.71. The first-order valence-electron chi connectivity index (χ1n) is 6.54. The highest BCUT2D eigenvalue weighted by atomic mass is 19.4. The highest BCUT2D eigenvalue weighted by Gasteiger charge is 2.41. The SMILES string of the molecule is O=[N+]([O-])c1ccc(NC2CCC(C(F)(F)F)CC2)cc1F. The average molecular weight is 306 g/mol. The quantitative estimate of drug-likeness (QED) is 0.515. The Morgan fingerprint density at radius 1 is 1.19 bits per heavy atom. The smallest absolute Gasteiger partial charge is 0.382 e. The summed E-state index contributed by atoms with van der Waals surface area (Å²) in [6.07, 6.45) is -3.41. The molecule has 21 heavy (non-hydrogen) atoms. The minimum atomic E-state index is -4.16. The first kappa shape index (κ1) is 15.5. The third-order valence-corrected chi connectivity index (χ3v) is 3.71. The molecule has 8 heteroatoms. The van der Waals surface area contributed by atoms with Crippen molar-refractivity contribution in [1.29, 1.82) is 0 Å². The molecule has 1 saturated carbocycles. The van der Waals surface area contributed by atoms with E-state index in [1.54, 1.807) is 0 Å². The lowest BCUT2D eigenvalue weighted by Crippen LogP contribution is -2.32. The van der Waals surface area contributed by atoms with E-state index < -0.39 is 28.5 Å². The van der Waals surface area contributed by atoms with Crippen LogP contribution in [0.2, 0.25) is 0 Å². The number of benzene rings is 1. The number of hydrogen-bond acceptors (Lipinski definition) is 3. The molecule has 2 rings (SSSR count). The van der Waals surface area contributed by atoms with Gasteiger partial charge in [0.25, 0.3) is 0 Å². The molecule has 0 saturated heterocycles. The van der Waals surface area contributed by atoms with Crippen molar-refractivity contribution in [3.05, 3.63) is 34.1 Å². The van der Waals surface area contributed by atoms with Crippen LogP contribution in [0.4, 0.5) is 28.9 Å². The summed E-state index contributed by atoms with van der Waals surface area (Å²) in [7, 11) is 0. The number of nitro groups is 1. The van der Waals surface area contributed by atoms with Gasteiger partial charge in [0.05, 0.1) is 10.8 Å².